The zero-order chi connectivity index (χ0) is 11.7. The zero-order valence-electron chi connectivity index (χ0n) is 9.11. The van der Waals surface area contributed by atoms with Crippen LogP contribution in [0.5, 0.6) is 11.5 Å². The number of ether oxygens (including phenoxy) is 2. The van der Waals surface area contributed by atoms with Gasteiger partial charge in [-0.1, -0.05) is 6.07 Å². The number of aliphatic carboxylic acids is 1. The minimum Gasteiger partial charge on any atom is -0.496 e. The van der Waals surface area contributed by atoms with Crippen LogP contribution in [0.1, 0.15) is 12.5 Å². The summed E-state index contributed by atoms with van der Waals surface area (Å²) in [7, 11) is 1.55. The van der Waals surface area contributed by atoms with Crippen LogP contribution >= 0.6 is 0 Å². The van der Waals surface area contributed by atoms with Crippen LogP contribution in [-0.4, -0.2) is 24.8 Å². The van der Waals surface area contributed by atoms with E-state index in [-0.39, 0.29) is 12.2 Å². The number of carboxylic acid groups (broad SMARTS) is 1. The van der Waals surface area contributed by atoms with Crippen LogP contribution in [0.2, 0.25) is 0 Å². The van der Waals surface area contributed by atoms with E-state index < -0.39 is 5.97 Å². The number of hydrogen-bond donors (Lipinski definition) is 1. The van der Waals surface area contributed by atoms with Crippen molar-refractivity contribution in [2.45, 2.75) is 6.92 Å². The van der Waals surface area contributed by atoms with E-state index in [2.05, 4.69) is 0 Å². The van der Waals surface area contributed by atoms with Gasteiger partial charge in [0.2, 0.25) is 0 Å². The number of rotatable bonds is 2. The summed E-state index contributed by atoms with van der Waals surface area (Å²) < 4.78 is 10.6. The van der Waals surface area contributed by atoms with E-state index in [1.54, 1.807) is 26.2 Å². The normalized spacial score (nSPS) is 14.1. The Balaban J connectivity index is 2.64. The molecule has 2 rings (SSSR count). The first-order valence-corrected chi connectivity index (χ1v) is 4.88. The van der Waals surface area contributed by atoms with Gasteiger partial charge in [-0.05, 0) is 24.6 Å². The molecule has 4 nitrogen and oxygen atoms in total. The minimum absolute atomic E-state index is 0.0985. The summed E-state index contributed by atoms with van der Waals surface area (Å²) in [6, 6.07) is 5.41. The van der Waals surface area contributed by atoms with E-state index in [0.717, 1.165) is 5.56 Å². The lowest BCUT2D eigenvalue weighted by atomic mass is 9.97. The van der Waals surface area contributed by atoms with Gasteiger partial charge in [0.15, 0.2) is 0 Å². The van der Waals surface area contributed by atoms with Gasteiger partial charge in [-0.2, -0.15) is 0 Å². The van der Waals surface area contributed by atoms with Gasteiger partial charge in [0.1, 0.15) is 18.1 Å². The number of fused-ring (bicyclic) bond motifs is 1. The first kappa shape index (κ1) is 10.5. The molecule has 0 saturated heterocycles. The van der Waals surface area contributed by atoms with Crippen molar-refractivity contribution in [2.24, 2.45) is 0 Å². The minimum atomic E-state index is -0.950. The van der Waals surface area contributed by atoms with Crippen LogP contribution in [-0.2, 0) is 4.79 Å². The average Bonchev–Trinajstić information content (AvgIpc) is 2.28. The van der Waals surface area contributed by atoms with Crippen molar-refractivity contribution in [1.29, 1.82) is 0 Å². The van der Waals surface area contributed by atoms with E-state index in [4.69, 9.17) is 14.6 Å². The fourth-order valence-electron chi connectivity index (χ4n) is 1.80. The van der Waals surface area contributed by atoms with E-state index in [1.165, 1.54) is 0 Å². The van der Waals surface area contributed by atoms with E-state index >= 15 is 0 Å². The average molecular weight is 220 g/mol. The Kier molecular flexibility index (Phi) is 2.56. The maximum absolute atomic E-state index is 11.0. The first-order valence-electron chi connectivity index (χ1n) is 4.88. The molecule has 0 unspecified atom stereocenters. The van der Waals surface area contributed by atoms with Crippen LogP contribution in [0.4, 0.5) is 0 Å². The summed E-state index contributed by atoms with van der Waals surface area (Å²) in [6.45, 7) is 1.87. The Bertz CT molecular complexity index is 474. The third-order valence-corrected chi connectivity index (χ3v) is 2.67. The van der Waals surface area contributed by atoms with Crippen LogP contribution in [0.15, 0.2) is 23.8 Å². The van der Waals surface area contributed by atoms with E-state index in [0.29, 0.717) is 17.1 Å². The molecule has 0 bridgehead atoms. The van der Waals surface area contributed by atoms with Crippen molar-refractivity contribution < 1.29 is 19.4 Å². The summed E-state index contributed by atoms with van der Waals surface area (Å²) >= 11 is 0. The molecule has 4 heteroatoms. The molecule has 1 aliphatic rings. The molecular weight excluding hydrogens is 208 g/mol. The van der Waals surface area contributed by atoms with Gasteiger partial charge in [-0.15, -0.1) is 0 Å². The lowest BCUT2D eigenvalue weighted by molar-refractivity contribution is -0.133. The van der Waals surface area contributed by atoms with Crippen LogP contribution in [0.3, 0.4) is 0 Å². The van der Waals surface area contributed by atoms with Gasteiger partial charge >= 0.3 is 5.97 Å². The maximum atomic E-state index is 11.0. The summed E-state index contributed by atoms with van der Waals surface area (Å²) in [4.78, 5) is 11.0. The molecule has 1 aromatic rings. The van der Waals surface area contributed by atoms with Crippen molar-refractivity contribution in [3.8, 4) is 11.5 Å². The van der Waals surface area contributed by atoms with Gasteiger partial charge in [0, 0.05) is 0 Å². The predicted molar refractivity (Wildman–Crippen MR) is 58.7 cm³/mol. The lowest BCUT2D eigenvalue weighted by Gasteiger charge is -2.21. The Labute approximate surface area is 93.1 Å². The van der Waals surface area contributed by atoms with Crippen LogP contribution < -0.4 is 9.47 Å². The second-order valence-corrected chi connectivity index (χ2v) is 3.53. The van der Waals surface area contributed by atoms with Crippen molar-refractivity contribution in [1.82, 2.24) is 0 Å². The highest BCUT2D eigenvalue weighted by Gasteiger charge is 2.24. The highest BCUT2D eigenvalue weighted by atomic mass is 16.5. The van der Waals surface area contributed by atoms with E-state index in [9.17, 15) is 4.79 Å². The molecule has 0 fully saturated rings. The van der Waals surface area contributed by atoms with Gasteiger partial charge in [0.25, 0.3) is 0 Å². The number of methoxy groups -OCH3 is 1. The topological polar surface area (TPSA) is 55.8 Å². The largest absolute Gasteiger partial charge is 0.496 e. The molecule has 0 amide bonds. The van der Waals surface area contributed by atoms with Gasteiger partial charge in [-0.25, -0.2) is 4.79 Å². The fourth-order valence-corrected chi connectivity index (χ4v) is 1.80. The third-order valence-electron chi connectivity index (χ3n) is 2.67. The highest BCUT2D eigenvalue weighted by molar-refractivity contribution is 5.98. The molecule has 0 aromatic heterocycles. The number of carbonyl (C=O) groups is 1. The van der Waals surface area contributed by atoms with Crippen molar-refractivity contribution in [3.63, 3.8) is 0 Å². The molecule has 1 aromatic carbocycles. The van der Waals surface area contributed by atoms with Crippen LogP contribution in [0.25, 0.3) is 5.57 Å². The number of benzene rings is 1. The maximum Gasteiger partial charge on any atom is 0.335 e. The molecular formula is C12H12O4. The molecule has 0 atom stereocenters. The van der Waals surface area contributed by atoms with E-state index in [1.807, 2.05) is 6.07 Å². The van der Waals surface area contributed by atoms with Crippen LogP contribution in [0, 0.1) is 0 Å². The Morgan fingerprint density at radius 1 is 1.50 bits per heavy atom. The third kappa shape index (κ3) is 1.52. The van der Waals surface area contributed by atoms with Gasteiger partial charge in [-0.3, -0.25) is 0 Å². The summed E-state index contributed by atoms with van der Waals surface area (Å²) in [5.41, 5.74) is 1.71. The highest BCUT2D eigenvalue weighted by Crippen LogP contribution is 2.39. The fraction of sp³-hybridized carbons (Fsp3) is 0.250. The Morgan fingerprint density at radius 2 is 2.25 bits per heavy atom. The molecule has 0 aliphatic carbocycles. The van der Waals surface area contributed by atoms with Gasteiger partial charge < -0.3 is 14.6 Å². The standard InChI is InChI=1S/C12H12O4/c1-7-8(12(13)14)6-16-10-5-3-4-9(15-2)11(7)10/h3-5H,6H2,1-2H3,(H,13,14). The second kappa shape index (κ2) is 3.89. The Morgan fingerprint density at radius 3 is 2.88 bits per heavy atom. The lowest BCUT2D eigenvalue weighted by Crippen LogP contribution is -2.17. The molecule has 0 saturated carbocycles. The van der Waals surface area contributed by atoms with Crippen molar-refractivity contribution >= 4 is 11.5 Å². The number of allylic oxidation sites excluding steroid dienone is 1. The summed E-state index contributed by atoms with van der Waals surface area (Å²) in [5, 5.41) is 9.02. The Hall–Kier alpha value is -1.97. The quantitative estimate of drug-likeness (QED) is 0.827. The van der Waals surface area contributed by atoms with Crippen molar-refractivity contribution in [2.75, 3.05) is 13.7 Å². The molecule has 16 heavy (non-hydrogen) atoms. The molecule has 0 radical (unpaired) electrons. The number of carboxylic acids is 1. The monoisotopic (exact) mass is 220 g/mol. The molecule has 84 valence electrons. The first-order chi connectivity index (χ1) is 7.65. The van der Waals surface area contributed by atoms with Crippen molar-refractivity contribution in [3.05, 3.63) is 29.3 Å². The second-order valence-electron chi connectivity index (χ2n) is 3.53. The molecule has 0 spiro atoms. The summed E-state index contributed by atoms with van der Waals surface area (Å²) in [5.74, 6) is 0.351. The number of hydrogen-bond acceptors (Lipinski definition) is 3. The SMILES string of the molecule is COc1cccc2c1C(C)=C(C(=O)O)CO2. The molecule has 1 N–H and O–H groups in total. The summed E-state index contributed by atoms with van der Waals surface area (Å²) in [6.07, 6.45) is 0. The molecule has 1 aliphatic heterocycles. The zero-order valence-corrected chi connectivity index (χ0v) is 9.11. The predicted octanol–water partition coefficient (Wildman–Crippen LogP) is 1.95. The van der Waals surface area contributed by atoms with Gasteiger partial charge in [0.05, 0.1) is 18.2 Å². The molecule has 1 heterocycles. The smallest absolute Gasteiger partial charge is 0.335 e.